The van der Waals surface area contributed by atoms with E-state index in [9.17, 15) is 19.5 Å². The second-order valence-corrected chi connectivity index (χ2v) is 15.6. The summed E-state index contributed by atoms with van der Waals surface area (Å²) in [4.78, 5) is 43.5. The van der Waals surface area contributed by atoms with Crippen LogP contribution in [0.15, 0.2) is 12.3 Å². The van der Waals surface area contributed by atoms with Crippen LogP contribution in [0.1, 0.15) is 166 Å². The van der Waals surface area contributed by atoms with Gasteiger partial charge in [-0.05, 0) is 57.9 Å². The smallest absolute Gasteiger partial charge is 0.315 e. The van der Waals surface area contributed by atoms with Crippen molar-refractivity contribution in [3.63, 3.8) is 0 Å². The number of aromatic nitrogens is 1. The van der Waals surface area contributed by atoms with Gasteiger partial charge in [-0.25, -0.2) is 4.79 Å². The van der Waals surface area contributed by atoms with Gasteiger partial charge in [0.15, 0.2) is 11.6 Å². The summed E-state index contributed by atoms with van der Waals surface area (Å²) in [6.07, 6.45) is 18.1. The second-order valence-electron chi connectivity index (χ2n) is 15.6. The number of hydrogen-bond donors (Lipinski definition) is 4. The number of unbranched alkanes of at least 4 members (excludes halogenated alkanes) is 5. The van der Waals surface area contributed by atoms with Gasteiger partial charge in [-0.3, -0.25) is 9.59 Å². The van der Waals surface area contributed by atoms with Crippen LogP contribution in [-0.4, -0.2) is 58.0 Å². The standard InChI is InChI=1S/C37H61N3O6/c1-6-7-8-9-10-14-20-37(21-15-16-22-37)40-34(44)39-29-18-13-11-12-17-26(29)28(24-30(41)42)31-27(19-23-38-31)32(43)33-35(2,3)25-45-36(4,5)46-33/h19,23,26,28-29,33,38H,6-18,20-22,24-25H2,1-5H3,(H,41,42)(H2,39,40,44). The van der Waals surface area contributed by atoms with E-state index >= 15 is 0 Å². The first-order valence-corrected chi connectivity index (χ1v) is 18.2. The second kappa shape index (κ2) is 16.1. The van der Waals surface area contributed by atoms with Gasteiger partial charge in [-0.1, -0.05) is 91.4 Å². The average molecular weight is 644 g/mol. The molecule has 4 atom stereocenters. The predicted octanol–water partition coefficient (Wildman–Crippen LogP) is 8.24. The first kappa shape index (κ1) is 36.4. The zero-order valence-electron chi connectivity index (χ0n) is 29.2. The third kappa shape index (κ3) is 9.59. The number of ether oxygens (including phenoxy) is 2. The Balaban J connectivity index is 1.52. The maximum Gasteiger partial charge on any atom is 0.315 e. The first-order valence-electron chi connectivity index (χ1n) is 18.2. The van der Waals surface area contributed by atoms with Crippen LogP contribution >= 0.6 is 0 Å². The van der Waals surface area contributed by atoms with E-state index in [-0.39, 0.29) is 35.7 Å². The Morgan fingerprint density at radius 2 is 1.67 bits per heavy atom. The fourth-order valence-corrected chi connectivity index (χ4v) is 8.20. The lowest BCUT2D eigenvalue weighted by Gasteiger charge is -2.45. The van der Waals surface area contributed by atoms with E-state index in [4.69, 9.17) is 9.47 Å². The largest absolute Gasteiger partial charge is 0.481 e. The molecule has 2 amide bonds. The lowest BCUT2D eigenvalue weighted by Crippen LogP contribution is -2.54. The van der Waals surface area contributed by atoms with Crippen LogP contribution in [0.2, 0.25) is 0 Å². The van der Waals surface area contributed by atoms with Gasteiger partial charge < -0.3 is 30.2 Å². The molecule has 2 saturated carbocycles. The zero-order chi connectivity index (χ0) is 33.4. The van der Waals surface area contributed by atoms with Crippen LogP contribution in [-0.2, 0) is 14.3 Å². The number of hydrogen-bond acceptors (Lipinski definition) is 5. The minimum atomic E-state index is -0.918. The number of carbonyl (C=O) groups is 3. The van der Waals surface area contributed by atoms with Crippen molar-refractivity contribution in [1.82, 2.24) is 15.6 Å². The number of ketones is 1. The van der Waals surface area contributed by atoms with Crippen LogP contribution in [0, 0.1) is 11.3 Å². The molecule has 9 heteroatoms. The average Bonchev–Trinajstić information content (AvgIpc) is 3.61. The number of urea groups is 1. The number of H-pyrrole nitrogens is 1. The third-order valence-corrected chi connectivity index (χ3v) is 10.8. The molecule has 4 unspecified atom stereocenters. The van der Waals surface area contributed by atoms with Gasteiger partial charge >= 0.3 is 12.0 Å². The Hall–Kier alpha value is -2.39. The van der Waals surface area contributed by atoms with E-state index in [1.54, 1.807) is 12.3 Å². The molecule has 260 valence electrons. The molecule has 1 saturated heterocycles. The van der Waals surface area contributed by atoms with E-state index < -0.39 is 29.2 Å². The summed E-state index contributed by atoms with van der Waals surface area (Å²) in [7, 11) is 0. The Morgan fingerprint density at radius 1 is 0.978 bits per heavy atom. The minimum Gasteiger partial charge on any atom is -0.481 e. The van der Waals surface area contributed by atoms with E-state index in [0.29, 0.717) is 17.9 Å². The molecule has 46 heavy (non-hydrogen) atoms. The van der Waals surface area contributed by atoms with Crippen molar-refractivity contribution in [2.75, 3.05) is 6.61 Å². The third-order valence-electron chi connectivity index (χ3n) is 10.8. The van der Waals surface area contributed by atoms with Crippen LogP contribution < -0.4 is 10.6 Å². The van der Waals surface area contributed by atoms with Crippen molar-refractivity contribution in [1.29, 1.82) is 0 Å². The monoisotopic (exact) mass is 643 g/mol. The fraction of sp³-hybridized carbons (Fsp3) is 0.811. The predicted molar refractivity (Wildman–Crippen MR) is 180 cm³/mol. The molecule has 0 bridgehead atoms. The van der Waals surface area contributed by atoms with Crippen molar-refractivity contribution in [2.24, 2.45) is 11.3 Å². The normalized spacial score (nSPS) is 26.2. The maximum atomic E-state index is 14.1. The molecule has 0 radical (unpaired) electrons. The summed E-state index contributed by atoms with van der Waals surface area (Å²) < 4.78 is 12.0. The highest BCUT2D eigenvalue weighted by Crippen LogP contribution is 2.42. The van der Waals surface area contributed by atoms with Crippen LogP contribution in [0.5, 0.6) is 0 Å². The van der Waals surface area contributed by atoms with Gasteiger partial charge in [0.05, 0.1) is 13.0 Å². The van der Waals surface area contributed by atoms with E-state index in [1.165, 1.54) is 32.1 Å². The Kier molecular flexibility index (Phi) is 12.8. The SMILES string of the molecule is CCCCCCCCC1(NC(=O)NC2CCCCCC2C(CC(=O)O)c2[nH]ccc2C(=O)C2OC(C)(C)OCC2(C)C)CCCC1. The highest BCUT2D eigenvalue weighted by molar-refractivity contribution is 6.01. The zero-order valence-corrected chi connectivity index (χ0v) is 29.2. The number of rotatable bonds is 15. The molecule has 0 spiro atoms. The van der Waals surface area contributed by atoms with Crippen molar-refractivity contribution >= 4 is 17.8 Å². The molecule has 3 fully saturated rings. The van der Waals surface area contributed by atoms with Crippen LogP contribution in [0.3, 0.4) is 0 Å². The molecule has 1 aromatic heterocycles. The van der Waals surface area contributed by atoms with Crippen molar-refractivity contribution in [3.8, 4) is 0 Å². The Bertz CT molecular complexity index is 1150. The number of nitrogens with one attached hydrogen (secondary N) is 3. The Morgan fingerprint density at radius 3 is 2.39 bits per heavy atom. The molecule has 9 nitrogen and oxygen atoms in total. The highest BCUT2D eigenvalue weighted by Gasteiger charge is 2.47. The molecule has 4 N–H and O–H groups in total. The van der Waals surface area contributed by atoms with Gasteiger partial charge in [0.2, 0.25) is 0 Å². The summed E-state index contributed by atoms with van der Waals surface area (Å²) in [5, 5.41) is 16.9. The molecule has 2 aliphatic carbocycles. The molecule has 1 aromatic rings. The number of carbonyl (C=O) groups excluding carboxylic acids is 2. The fourth-order valence-electron chi connectivity index (χ4n) is 8.20. The molecule has 1 aliphatic heterocycles. The number of Topliss-reactive ketones (excluding diaryl/α,β-unsaturated/α-hetero) is 1. The minimum absolute atomic E-state index is 0.128. The van der Waals surface area contributed by atoms with Gasteiger partial charge in [-0.15, -0.1) is 0 Å². The molecular formula is C37H61N3O6. The van der Waals surface area contributed by atoms with Crippen molar-refractivity contribution < 1.29 is 29.0 Å². The van der Waals surface area contributed by atoms with Crippen molar-refractivity contribution in [2.45, 2.75) is 173 Å². The van der Waals surface area contributed by atoms with E-state index in [1.807, 2.05) is 27.7 Å². The van der Waals surface area contributed by atoms with Crippen LogP contribution in [0.25, 0.3) is 0 Å². The molecule has 3 aliphatic rings. The molecule has 2 heterocycles. The van der Waals surface area contributed by atoms with Crippen LogP contribution in [0.4, 0.5) is 4.79 Å². The van der Waals surface area contributed by atoms with Gasteiger partial charge in [0.25, 0.3) is 0 Å². The van der Waals surface area contributed by atoms with E-state index in [2.05, 4.69) is 22.5 Å². The summed E-state index contributed by atoms with van der Waals surface area (Å²) in [5.41, 5.74) is 0.391. The lowest BCUT2D eigenvalue weighted by molar-refractivity contribution is -0.298. The number of aromatic amines is 1. The molecular weight excluding hydrogens is 582 g/mol. The first-order chi connectivity index (χ1) is 21.9. The highest BCUT2D eigenvalue weighted by atomic mass is 16.7. The Labute approximate surface area is 276 Å². The summed E-state index contributed by atoms with van der Waals surface area (Å²) in [6.45, 7) is 10.1. The number of carboxylic acid groups (broad SMARTS) is 1. The van der Waals surface area contributed by atoms with E-state index in [0.717, 1.165) is 70.6 Å². The molecule has 0 aromatic carbocycles. The summed E-state index contributed by atoms with van der Waals surface area (Å²) in [5.74, 6) is -2.58. The lowest BCUT2D eigenvalue weighted by atomic mass is 9.76. The van der Waals surface area contributed by atoms with Gasteiger partial charge in [0, 0.05) is 40.4 Å². The maximum absolute atomic E-state index is 14.1. The number of amides is 2. The van der Waals surface area contributed by atoms with Crippen molar-refractivity contribution in [3.05, 3.63) is 23.5 Å². The van der Waals surface area contributed by atoms with Gasteiger partial charge in [0.1, 0.15) is 6.10 Å². The summed E-state index contributed by atoms with van der Waals surface area (Å²) in [6, 6.07) is 1.42. The number of carboxylic acids is 1. The van der Waals surface area contributed by atoms with Gasteiger partial charge in [-0.2, -0.15) is 0 Å². The molecule has 4 rings (SSSR count). The summed E-state index contributed by atoms with van der Waals surface area (Å²) >= 11 is 0. The topological polar surface area (TPSA) is 130 Å². The number of aliphatic carboxylic acids is 1. The quantitative estimate of drug-likeness (QED) is 0.0865.